The fourth-order valence-electron chi connectivity index (χ4n) is 1.52. The minimum absolute atomic E-state index is 0.0760. The summed E-state index contributed by atoms with van der Waals surface area (Å²) in [5.74, 6) is -0.293. The lowest BCUT2D eigenvalue weighted by Crippen LogP contribution is -2.23. The smallest absolute Gasteiger partial charge is 0.408 e. The number of amides is 1. The van der Waals surface area contributed by atoms with E-state index in [1.54, 1.807) is 12.1 Å². The molecule has 3 nitrogen and oxygen atoms in total. The molecule has 2 rings (SSSR count). The minimum Gasteiger partial charge on any atom is -0.439 e. The normalized spacial score (nSPS) is 25.7. The Hall–Kier alpha value is -1.58. The van der Waals surface area contributed by atoms with Gasteiger partial charge in [0.15, 0.2) is 0 Å². The van der Waals surface area contributed by atoms with Gasteiger partial charge in [-0.2, -0.15) is 0 Å². The molecule has 1 saturated heterocycles. The number of halogens is 1. The van der Waals surface area contributed by atoms with E-state index in [0.29, 0.717) is 0 Å². The lowest BCUT2D eigenvalue weighted by atomic mass is 10.0. The Morgan fingerprint density at radius 3 is 2.50 bits per heavy atom. The first kappa shape index (κ1) is 8.99. The molecule has 1 aromatic carbocycles. The lowest BCUT2D eigenvalue weighted by molar-refractivity contribution is 0.134. The van der Waals surface area contributed by atoms with Gasteiger partial charge in [-0.15, -0.1) is 0 Å². The van der Waals surface area contributed by atoms with Gasteiger partial charge in [0, 0.05) is 0 Å². The lowest BCUT2D eigenvalue weighted by Gasteiger charge is -2.12. The van der Waals surface area contributed by atoms with Crippen LogP contribution in [0.3, 0.4) is 0 Å². The van der Waals surface area contributed by atoms with Crippen molar-refractivity contribution in [3.05, 3.63) is 35.6 Å². The maximum Gasteiger partial charge on any atom is 0.408 e. The first-order valence-corrected chi connectivity index (χ1v) is 4.39. The number of carbonyl (C=O) groups excluding carboxylic acids is 1. The molecule has 0 spiro atoms. The first-order valence-electron chi connectivity index (χ1n) is 4.39. The predicted octanol–water partition coefficient (Wildman–Crippen LogP) is 2.00. The number of cyclic esters (lactones) is 1. The van der Waals surface area contributed by atoms with E-state index in [1.165, 1.54) is 12.1 Å². The van der Waals surface area contributed by atoms with E-state index in [-0.39, 0.29) is 18.0 Å². The van der Waals surface area contributed by atoms with Gasteiger partial charge in [-0.3, -0.25) is 0 Å². The van der Waals surface area contributed by atoms with E-state index in [4.69, 9.17) is 4.74 Å². The maximum atomic E-state index is 12.6. The summed E-state index contributed by atoms with van der Waals surface area (Å²) in [7, 11) is 0. The molecular weight excluding hydrogens is 185 g/mol. The zero-order valence-electron chi connectivity index (χ0n) is 7.66. The van der Waals surface area contributed by atoms with Crippen LogP contribution in [0.1, 0.15) is 18.6 Å². The van der Waals surface area contributed by atoms with Crippen LogP contribution < -0.4 is 5.32 Å². The molecule has 1 aromatic rings. The van der Waals surface area contributed by atoms with E-state index in [9.17, 15) is 9.18 Å². The first-order chi connectivity index (χ1) is 6.66. The molecule has 0 bridgehead atoms. The van der Waals surface area contributed by atoms with Crippen LogP contribution in [0, 0.1) is 5.82 Å². The fraction of sp³-hybridized carbons (Fsp3) is 0.300. The van der Waals surface area contributed by atoms with Crippen LogP contribution in [-0.4, -0.2) is 12.1 Å². The summed E-state index contributed by atoms with van der Waals surface area (Å²) < 4.78 is 17.7. The third kappa shape index (κ3) is 1.55. The SMILES string of the molecule is CC1NC(=O)O[C@@H]1c1ccc(F)cc1. The monoisotopic (exact) mass is 195 g/mol. The Bertz CT molecular complexity index is 350. The van der Waals surface area contributed by atoms with Gasteiger partial charge in [-0.05, 0) is 24.6 Å². The third-order valence-electron chi connectivity index (χ3n) is 2.23. The summed E-state index contributed by atoms with van der Waals surface area (Å²) in [4.78, 5) is 10.9. The van der Waals surface area contributed by atoms with Crippen molar-refractivity contribution < 1.29 is 13.9 Å². The zero-order chi connectivity index (χ0) is 10.1. The maximum absolute atomic E-state index is 12.6. The van der Waals surface area contributed by atoms with Gasteiger partial charge < -0.3 is 10.1 Å². The summed E-state index contributed by atoms with van der Waals surface area (Å²) in [6.07, 6.45) is -0.741. The van der Waals surface area contributed by atoms with Crippen LogP contribution in [0.4, 0.5) is 9.18 Å². The molecule has 1 N–H and O–H groups in total. The topological polar surface area (TPSA) is 38.3 Å². The molecule has 1 unspecified atom stereocenters. The number of rotatable bonds is 1. The molecule has 1 heterocycles. The van der Waals surface area contributed by atoms with Crippen LogP contribution >= 0.6 is 0 Å². The number of carbonyl (C=O) groups is 1. The molecule has 74 valence electrons. The number of nitrogens with one attached hydrogen (secondary N) is 1. The molecular formula is C10H10FNO2. The van der Waals surface area contributed by atoms with Crippen molar-refractivity contribution in [1.29, 1.82) is 0 Å². The van der Waals surface area contributed by atoms with Gasteiger partial charge in [0.1, 0.15) is 11.9 Å². The minimum atomic E-state index is -0.424. The Balaban J connectivity index is 2.23. The van der Waals surface area contributed by atoms with E-state index in [2.05, 4.69) is 5.32 Å². The van der Waals surface area contributed by atoms with Crippen LogP contribution in [0.15, 0.2) is 24.3 Å². The number of benzene rings is 1. The van der Waals surface area contributed by atoms with Crippen LogP contribution in [0.5, 0.6) is 0 Å². The van der Waals surface area contributed by atoms with Gasteiger partial charge in [-0.1, -0.05) is 12.1 Å². The van der Waals surface area contributed by atoms with E-state index in [0.717, 1.165) is 5.56 Å². The molecule has 2 atom stereocenters. The molecule has 14 heavy (non-hydrogen) atoms. The molecule has 4 heteroatoms. The third-order valence-corrected chi connectivity index (χ3v) is 2.23. The second-order valence-electron chi connectivity index (χ2n) is 3.31. The van der Waals surface area contributed by atoms with Gasteiger partial charge in [-0.25, -0.2) is 9.18 Å². The van der Waals surface area contributed by atoms with Gasteiger partial charge in [0.2, 0.25) is 0 Å². The highest BCUT2D eigenvalue weighted by molar-refractivity contribution is 5.70. The Morgan fingerprint density at radius 2 is 2.00 bits per heavy atom. The standard InChI is InChI=1S/C10H10FNO2/c1-6-9(14-10(13)12-6)7-2-4-8(11)5-3-7/h2-6,9H,1H3,(H,12,13)/t6?,9-/m0/s1. The molecule has 1 aliphatic rings. The van der Waals surface area contributed by atoms with Crippen molar-refractivity contribution in [2.45, 2.75) is 19.1 Å². The quantitative estimate of drug-likeness (QED) is 0.744. The molecule has 1 fully saturated rings. The van der Waals surface area contributed by atoms with E-state index in [1.807, 2.05) is 6.92 Å². The second-order valence-corrected chi connectivity index (χ2v) is 3.31. The number of alkyl carbamates (subject to hydrolysis) is 1. The number of hydrogen-bond acceptors (Lipinski definition) is 2. The predicted molar refractivity (Wildman–Crippen MR) is 48.2 cm³/mol. The molecule has 0 aromatic heterocycles. The average molecular weight is 195 g/mol. The number of hydrogen-bond donors (Lipinski definition) is 1. The van der Waals surface area contributed by atoms with Crippen molar-refractivity contribution in [2.24, 2.45) is 0 Å². The average Bonchev–Trinajstić information content (AvgIpc) is 2.47. The van der Waals surface area contributed by atoms with Crippen molar-refractivity contribution in [3.63, 3.8) is 0 Å². The van der Waals surface area contributed by atoms with Crippen LogP contribution in [0.2, 0.25) is 0 Å². The van der Waals surface area contributed by atoms with E-state index >= 15 is 0 Å². The van der Waals surface area contributed by atoms with Crippen LogP contribution in [0.25, 0.3) is 0 Å². The van der Waals surface area contributed by atoms with Crippen molar-refractivity contribution in [3.8, 4) is 0 Å². The van der Waals surface area contributed by atoms with Gasteiger partial charge >= 0.3 is 6.09 Å². The van der Waals surface area contributed by atoms with Crippen molar-refractivity contribution >= 4 is 6.09 Å². The highest BCUT2D eigenvalue weighted by Crippen LogP contribution is 2.25. The Morgan fingerprint density at radius 1 is 1.36 bits per heavy atom. The van der Waals surface area contributed by atoms with Gasteiger partial charge in [0.25, 0.3) is 0 Å². The zero-order valence-corrected chi connectivity index (χ0v) is 7.66. The summed E-state index contributed by atoms with van der Waals surface area (Å²) >= 11 is 0. The van der Waals surface area contributed by atoms with Crippen LogP contribution in [-0.2, 0) is 4.74 Å². The summed E-state index contributed by atoms with van der Waals surface area (Å²) in [5.41, 5.74) is 0.803. The number of ether oxygens (including phenoxy) is 1. The summed E-state index contributed by atoms with van der Waals surface area (Å²) in [5, 5.41) is 2.63. The second kappa shape index (κ2) is 3.29. The highest BCUT2D eigenvalue weighted by Gasteiger charge is 2.31. The molecule has 1 aliphatic heterocycles. The summed E-state index contributed by atoms with van der Waals surface area (Å²) in [6, 6.07) is 5.88. The molecule has 0 radical (unpaired) electrons. The largest absolute Gasteiger partial charge is 0.439 e. The molecule has 1 amide bonds. The van der Waals surface area contributed by atoms with Crippen molar-refractivity contribution in [1.82, 2.24) is 5.32 Å². The van der Waals surface area contributed by atoms with Crippen molar-refractivity contribution in [2.75, 3.05) is 0 Å². The molecule has 0 aliphatic carbocycles. The highest BCUT2D eigenvalue weighted by atomic mass is 19.1. The van der Waals surface area contributed by atoms with E-state index < -0.39 is 6.09 Å². The summed E-state index contributed by atoms with van der Waals surface area (Å²) in [6.45, 7) is 1.85. The fourth-order valence-corrected chi connectivity index (χ4v) is 1.52. The van der Waals surface area contributed by atoms with Gasteiger partial charge in [0.05, 0.1) is 6.04 Å². The molecule has 0 saturated carbocycles. The Labute approximate surface area is 80.9 Å². The Kier molecular flexibility index (Phi) is 2.11.